The first-order valence-electron chi connectivity index (χ1n) is 7.34. The van der Waals surface area contributed by atoms with Crippen LogP contribution in [0.15, 0.2) is 0 Å². The predicted molar refractivity (Wildman–Crippen MR) is 84.7 cm³/mol. The summed E-state index contributed by atoms with van der Waals surface area (Å²) in [4.78, 5) is 0. The van der Waals surface area contributed by atoms with Crippen LogP contribution >= 0.6 is 0 Å². The maximum absolute atomic E-state index is 4.37. The van der Waals surface area contributed by atoms with Crippen molar-refractivity contribution in [3.05, 3.63) is 56.8 Å². The Labute approximate surface area is 175 Å². The molecule has 25 heavy (non-hydrogen) atoms. The summed E-state index contributed by atoms with van der Waals surface area (Å²) in [6.45, 7) is 12.2. The van der Waals surface area contributed by atoms with Crippen LogP contribution in [0.4, 0.5) is 0 Å². The van der Waals surface area contributed by atoms with Crippen molar-refractivity contribution in [3.8, 4) is 0 Å². The van der Waals surface area contributed by atoms with E-state index in [2.05, 4.69) is 30.6 Å². The molecule has 9 heteroatoms. The number of aromatic amines is 3. The van der Waals surface area contributed by atoms with E-state index in [1.165, 1.54) is 0 Å². The van der Waals surface area contributed by atoms with Crippen LogP contribution in [0.1, 0.15) is 50.9 Å². The first-order valence-corrected chi connectivity index (χ1v) is 7.34. The molecule has 3 heterocycles. The van der Waals surface area contributed by atoms with Gasteiger partial charge in [0.25, 0.3) is 0 Å². The number of hydrogen-bond donors (Lipinski definition) is 3. The molecule has 0 aromatic carbocycles. The molecule has 0 atom stereocenters. The van der Waals surface area contributed by atoms with Crippen molar-refractivity contribution in [2.75, 3.05) is 0 Å². The molecule has 3 N–H and O–H groups in total. The molecule has 0 spiro atoms. The van der Waals surface area contributed by atoms with Gasteiger partial charge < -0.3 is 40.1 Å². The zero-order valence-electron chi connectivity index (χ0n) is 15.1. The van der Waals surface area contributed by atoms with Gasteiger partial charge in [-0.15, -0.1) is 0 Å². The molecule has 133 valence electrons. The van der Waals surface area contributed by atoms with E-state index in [4.69, 9.17) is 0 Å². The first-order chi connectivity index (χ1) is 10.4. The van der Waals surface area contributed by atoms with E-state index in [-0.39, 0.29) is 46.5 Å². The molecule has 3 aromatic rings. The van der Waals surface area contributed by atoms with Crippen LogP contribution < -0.4 is 24.8 Å². The number of aromatic nitrogens is 6. The molecule has 0 saturated heterocycles. The molecule has 3 rings (SSSR count). The fraction of sp³-hybridized carbons (Fsp3) is 0.375. The van der Waals surface area contributed by atoms with E-state index in [0.717, 1.165) is 56.8 Å². The summed E-state index contributed by atoms with van der Waals surface area (Å²) in [6.07, 6.45) is 0. The second kappa shape index (κ2) is 8.94. The van der Waals surface area contributed by atoms with Crippen molar-refractivity contribution in [2.45, 2.75) is 41.5 Å². The Kier molecular flexibility index (Phi) is 8.51. The monoisotopic (exact) mass is 415 g/mol. The third-order valence-electron chi connectivity index (χ3n) is 4.13. The summed E-state index contributed by atoms with van der Waals surface area (Å²) < 4.78 is 0. The number of halogens is 2. The topological polar surface area (TPSA) is 86.0 Å². The molecule has 0 unspecified atom stereocenters. The minimum Gasteiger partial charge on any atom is -1.00 e. The van der Waals surface area contributed by atoms with Crippen LogP contribution in [0.3, 0.4) is 0 Å². The Bertz CT molecular complexity index is 667. The summed E-state index contributed by atoms with van der Waals surface area (Å²) in [6, 6.07) is 0. The Morgan fingerprint density at radius 2 is 0.800 bits per heavy atom. The molecule has 0 aliphatic carbocycles. The van der Waals surface area contributed by atoms with Gasteiger partial charge in [0.1, 0.15) is 0 Å². The zero-order valence-corrected chi connectivity index (χ0v) is 18.2. The SMILES string of the molecule is Cc1n[nH]c(C)c1[C-](c1c(C)n[nH]c1C)c1c(C)n[nH]c1C.[Cl-].[Cl-].[Ti+3]. The predicted octanol–water partition coefficient (Wildman–Crippen LogP) is -3.27. The fourth-order valence-electron chi connectivity index (χ4n) is 3.13. The summed E-state index contributed by atoms with van der Waals surface area (Å²) in [5, 5.41) is 22.4. The van der Waals surface area contributed by atoms with E-state index >= 15 is 0 Å². The molecule has 0 amide bonds. The molecule has 0 bridgehead atoms. The maximum Gasteiger partial charge on any atom is 3.00 e. The smallest absolute Gasteiger partial charge is 1.00 e. The number of hydrogen-bond acceptors (Lipinski definition) is 3. The molecule has 0 fully saturated rings. The minimum atomic E-state index is 0. The molecule has 1 radical (unpaired) electrons. The van der Waals surface area contributed by atoms with Gasteiger partial charge in [-0.25, -0.2) is 15.3 Å². The minimum absolute atomic E-state index is 0. The van der Waals surface area contributed by atoms with Crippen LogP contribution in [0.2, 0.25) is 0 Å². The molecular weight excluding hydrogens is 395 g/mol. The average Bonchev–Trinajstić information content (AvgIpc) is 3.08. The Hall–Kier alpha value is -1.21. The number of aryl methyl sites for hydroxylation is 6. The Morgan fingerprint density at radius 1 is 0.560 bits per heavy atom. The van der Waals surface area contributed by atoms with Gasteiger partial charge in [-0.1, -0.05) is 5.92 Å². The number of H-pyrrole nitrogens is 3. The molecule has 3 aromatic heterocycles. The van der Waals surface area contributed by atoms with Crippen LogP contribution in [0.5, 0.6) is 0 Å². The van der Waals surface area contributed by atoms with E-state index in [9.17, 15) is 0 Å². The van der Waals surface area contributed by atoms with E-state index in [1.807, 2.05) is 41.5 Å². The van der Waals surface area contributed by atoms with Crippen LogP contribution in [-0.4, -0.2) is 30.6 Å². The van der Waals surface area contributed by atoms with Crippen molar-refractivity contribution >= 4 is 0 Å². The van der Waals surface area contributed by atoms with Gasteiger partial charge in [-0.2, -0.15) is 0 Å². The average molecular weight is 416 g/mol. The van der Waals surface area contributed by atoms with Gasteiger partial charge in [-0.3, -0.25) is 0 Å². The van der Waals surface area contributed by atoms with Gasteiger partial charge in [-0.05, 0) is 75.3 Å². The number of nitrogens with one attached hydrogen (secondary N) is 3. The van der Waals surface area contributed by atoms with Crippen molar-refractivity contribution in [3.63, 3.8) is 0 Å². The standard InChI is InChI=1S/C16H21N6.2ClH.Ti/c1-7-13(8(2)18-17-7)16(14-9(3)19-20-10(14)4)15-11(5)21-22-12(15)6;;;/h1-6H3,(H,17,18)(H,19,20)(H,21,22);2*1H;/q-1;;;+3/p-2. The van der Waals surface area contributed by atoms with Crippen LogP contribution in [0, 0.1) is 47.5 Å². The van der Waals surface area contributed by atoms with Gasteiger partial charge in [0, 0.05) is 17.1 Å². The van der Waals surface area contributed by atoms with Crippen molar-refractivity contribution < 1.29 is 46.5 Å². The normalized spacial score (nSPS) is 9.84. The van der Waals surface area contributed by atoms with Gasteiger partial charge >= 0.3 is 21.7 Å². The molecule has 0 aliphatic rings. The second-order valence-electron chi connectivity index (χ2n) is 5.80. The summed E-state index contributed by atoms with van der Waals surface area (Å²) >= 11 is 0. The summed E-state index contributed by atoms with van der Waals surface area (Å²) in [5.74, 6) is 1.14. The first kappa shape index (κ1) is 23.8. The van der Waals surface area contributed by atoms with Crippen LogP contribution in [-0.2, 0) is 21.7 Å². The van der Waals surface area contributed by atoms with E-state index in [1.54, 1.807) is 0 Å². The van der Waals surface area contributed by atoms with Crippen LogP contribution in [0.25, 0.3) is 0 Å². The molecular formula is C16H21Cl2N6Ti. The van der Waals surface area contributed by atoms with E-state index < -0.39 is 0 Å². The fourth-order valence-corrected chi connectivity index (χ4v) is 3.13. The number of rotatable bonds is 3. The van der Waals surface area contributed by atoms with Crippen molar-refractivity contribution in [1.29, 1.82) is 0 Å². The van der Waals surface area contributed by atoms with Gasteiger partial charge in [0.05, 0.1) is 0 Å². The zero-order chi connectivity index (χ0) is 16.0. The third-order valence-corrected chi connectivity index (χ3v) is 4.13. The molecule has 6 nitrogen and oxygen atoms in total. The number of nitrogens with zero attached hydrogens (tertiary/aromatic N) is 3. The third kappa shape index (κ3) is 3.98. The van der Waals surface area contributed by atoms with Crippen molar-refractivity contribution in [1.82, 2.24) is 30.6 Å². The Balaban J connectivity index is 0.00000192. The molecule has 0 saturated carbocycles. The summed E-state index contributed by atoms with van der Waals surface area (Å²) in [7, 11) is 0. The van der Waals surface area contributed by atoms with Gasteiger partial charge in [0.2, 0.25) is 0 Å². The maximum atomic E-state index is 4.37. The van der Waals surface area contributed by atoms with Crippen molar-refractivity contribution in [2.24, 2.45) is 0 Å². The quantitative estimate of drug-likeness (QED) is 0.310. The van der Waals surface area contributed by atoms with E-state index in [0.29, 0.717) is 0 Å². The largest absolute Gasteiger partial charge is 3.00 e. The second-order valence-corrected chi connectivity index (χ2v) is 5.80. The molecule has 0 aliphatic heterocycles. The summed E-state index contributed by atoms with van der Waals surface area (Å²) in [5.41, 5.74) is 9.46. The van der Waals surface area contributed by atoms with Gasteiger partial charge in [0.15, 0.2) is 0 Å². The Morgan fingerprint density at radius 3 is 0.960 bits per heavy atom.